The molecule has 0 saturated carbocycles. The van der Waals surface area contributed by atoms with Crippen molar-refractivity contribution in [3.8, 4) is 11.5 Å². The number of nitrogens with one attached hydrogen (secondary N) is 1. The predicted octanol–water partition coefficient (Wildman–Crippen LogP) is 2.12. The molecule has 2 amide bonds. The quantitative estimate of drug-likeness (QED) is 0.724. The summed E-state index contributed by atoms with van der Waals surface area (Å²) in [5, 5.41) is 2.62. The summed E-state index contributed by atoms with van der Waals surface area (Å²) in [6.45, 7) is 5.49. The molecule has 0 radical (unpaired) electrons. The summed E-state index contributed by atoms with van der Waals surface area (Å²) in [4.78, 5) is 23.5. The number of primary amides is 1. The summed E-state index contributed by atoms with van der Waals surface area (Å²) in [6, 6.07) is 4.71. The van der Waals surface area contributed by atoms with E-state index in [9.17, 15) is 9.59 Å². The van der Waals surface area contributed by atoms with Crippen LogP contribution < -0.4 is 20.5 Å². The van der Waals surface area contributed by atoms with Crippen molar-refractivity contribution in [3.05, 3.63) is 29.8 Å². The van der Waals surface area contributed by atoms with Gasteiger partial charge in [-0.1, -0.05) is 38.5 Å². The molecule has 24 heavy (non-hydrogen) atoms. The van der Waals surface area contributed by atoms with Gasteiger partial charge in [-0.2, -0.15) is 0 Å². The van der Waals surface area contributed by atoms with Crippen molar-refractivity contribution in [2.24, 2.45) is 11.7 Å². The fourth-order valence-electron chi connectivity index (χ4n) is 2.19. The zero-order chi connectivity index (χ0) is 18.1. The molecular weight excluding hydrogens is 308 g/mol. The number of nitrogens with two attached hydrogens (primary N) is 1. The standard InChI is InChI=1S/C18H26N2O4/c1-5-7-13-8-9-14(15(10-13)23-4)24-11-16(21)20-17(18(19)22)12(3)6-2/h5,7-10,12,17H,6,11H2,1-4H3,(H2,19,22)(H,20,21). The molecule has 1 aromatic carbocycles. The summed E-state index contributed by atoms with van der Waals surface area (Å²) in [5.74, 6) is -0.00221. The number of amides is 2. The van der Waals surface area contributed by atoms with Gasteiger partial charge in [-0.15, -0.1) is 0 Å². The Balaban J connectivity index is 2.71. The van der Waals surface area contributed by atoms with Crippen molar-refractivity contribution >= 4 is 17.9 Å². The largest absolute Gasteiger partial charge is 0.493 e. The van der Waals surface area contributed by atoms with E-state index in [2.05, 4.69) is 5.32 Å². The van der Waals surface area contributed by atoms with E-state index in [0.717, 1.165) is 12.0 Å². The van der Waals surface area contributed by atoms with Crippen LogP contribution in [0.25, 0.3) is 6.08 Å². The van der Waals surface area contributed by atoms with E-state index in [1.807, 2.05) is 45.1 Å². The summed E-state index contributed by atoms with van der Waals surface area (Å²) >= 11 is 0. The van der Waals surface area contributed by atoms with Gasteiger partial charge in [0.15, 0.2) is 18.1 Å². The van der Waals surface area contributed by atoms with Gasteiger partial charge in [0.05, 0.1) is 7.11 Å². The van der Waals surface area contributed by atoms with Gasteiger partial charge in [0.25, 0.3) is 5.91 Å². The average molecular weight is 334 g/mol. The lowest BCUT2D eigenvalue weighted by atomic mass is 9.99. The minimum atomic E-state index is -0.704. The second-order valence-corrected chi connectivity index (χ2v) is 5.53. The highest BCUT2D eigenvalue weighted by Crippen LogP contribution is 2.28. The lowest BCUT2D eigenvalue weighted by Gasteiger charge is -2.21. The van der Waals surface area contributed by atoms with Gasteiger partial charge < -0.3 is 20.5 Å². The molecule has 0 bridgehead atoms. The van der Waals surface area contributed by atoms with Crippen LogP contribution in [0.5, 0.6) is 11.5 Å². The highest BCUT2D eigenvalue weighted by Gasteiger charge is 2.23. The van der Waals surface area contributed by atoms with Crippen LogP contribution in [0.2, 0.25) is 0 Å². The maximum absolute atomic E-state index is 12.0. The van der Waals surface area contributed by atoms with Gasteiger partial charge in [-0.05, 0) is 30.5 Å². The number of methoxy groups -OCH3 is 1. The normalized spacial score (nSPS) is 13.3. The first-order valence-electron chi connectivity index (χ1n) is 7.95. The van der Waals surface area contributed by atoms with Crippen LogP contribution >= 0.6 is 0 Å². The van der Waals surface area contributed by atoms with Crippen LogP contribution in [0.1, 0.15) is 32.8 Å². The lowest BCUT2D eigenvalue weighted by Crippen LogP contribution is -2.49. The van der Waals surface area contributed by atoms with E-state index >= 15 is 0 Å². The summed E-state index contributed by atoms with van der Waals surface area (Å²) in [7, 11) is 1.54. The Bertz CT molecular complexity index is 599. The maximum Gasteiger partial charge on any atom is 0.258 e. The Hall–Kier alpha value is -2.50. The number of carbonyl (C=O) groups is 2. The Morgan fingerprint density at radius 2 is 2.04 bits per heavy atom. The number of allylic oxidation sites excluding steroid dienone is 1. The Labute approximate surface area is 143 Å². The van der Waals surface area contributed by atoms with Crippen molar-refractivity contribution in [3.63, 3.8) is 0 Å². The molecular formula is C18H26N2O4. The number of ether oxygens (including phenoxy) is 2. The molecule has 6 nitrogen and oxygen atoms in total. The van der Waals surface area contributed by atoms with Crippen molar-refractivity contribution in [1.29, 1.82) is 0 Å². The molecule has 2 atom stereocenters. The van der Waals surface area contributed by atoms with Crippen LogP contribution in [0, 0.1) is 5.92 Å². The van der Waals surface area contributed by atoms with Crippen LogP contribution in [-0.2, 0) is 9.59 Å². The Kier molecular flexibility index (Phi) is 7.82. The summed E-state index contributed by atoms with van der Waals surface area (Å²) < 4.78 is 10.8. The van der Waals surface area contributed by atoms with E-state index < -0.39 is 17.9 Å². The monoisotopic (exact) mass is 334 g/mol. The summed E-state index contributed by atoms with van der Waals surface area (Å²) in [5.41, 5.74) is 6.31. The second-order valence-electron chi connectivity index (χ2n) is 5.53. The van der Waals surface area contributed by atoms with E-state index in [4.69, 9.17) is 15.2 Å². The third kappa shape index (κ3) is 5.61. The zero-order valence-corrected chi connectivity index (χ0v) is 14.7. The zero-order valence-electron chi connectivity index (χ0n) is 14.7. The molecule has 6 heteroatoms. The minimum Gasteiger partial charge on any atom is -0.493 e. The van der Waals surface area contributed by atoms with E-state index in [1.165, 1.54) is 7.11 Å². The highest BCUT2D eigenvalue weighted by molar-refractivity contribution is 5.87. The van der Waals surface area contributed by atoms with Gasteiger partial charge in [-0.25, -0.2) is 0 Å². The van der Waals surface area contributed by atoms with Crippen LogP contribution in [0.3, 0.4) is 0 Å². The number of benzene rings is 1. The molecule has 0 aliphatic carbocycles. The second kappa shape index (κ2) is 9.60. The Morgan fingerprint density at radius 1 is 1.33 bits per heavy atom. The molecule has 3 N–H and O–H groups in total. The third-order valence-corrected chi connectivity index (χ3v) is 3.74. The first-order chi connectivity index (χ1) is 11.4. The fraction of sp³-hybridized carbons (Fsp3) is 0.444. The molecule has 0 saturated heterocycles. The Morgan fingerprint density at radius 3 is 2.58 bits per heavy atom. The first-order valence-corrected chi connectivity index (χ1v) is 7.95. The van der Waals surface area contributed by atoms with Gasteiger partial charge in [-0.3, -0.25) is 9.59 Å². The van der Waals surface area contributed by atoms with Crippen molar-refractivity contribution in [1.82, 2.24) is 5.32 Å². The molecule has 132 valence electrons. The van der Waals surface area contributed by atoms with E-state index in [1.54, 1.807) is 6.07 Å². The number of carbonyl (C=O) groups excluding carboxylic acids is 2. The predicted molar refractivity (Wildman–Crippen MR) is 93.8 cm³/mol. The van der Waals surface area contributed by atoms with Crippen molar-refractivity contribution in [2.75, 3.05) is 13.7 Å². The van der Waals surface area contributed by atoms with Gasteiger partial charge in [0.2, 0.25) is 5.91 Å². The molecule has 1 aromatic rings. The van der Waals surface area contributed by atoms with Crippen LogP contribution in [-0.4, -0.2) is 31.6 Å². The van der Waals surface area contributed by atoms with Crippen molar-refractivity contribution < 1.29 is 19.1 Å². The molecule has 0 fully saturated rings. The van der Waals surface area contributed by atoms with E-state index in [0.29, 0.717) is 11.5 Å². The third-order valence-electron chi connectivity index (χ3n) is 3.74. The molecule has 0 spiro atoms. The minimum absolute atomic E-state index is 0.0406. The molecule has 0 aliphatic heterocycles. The number of rotatable bonds is 9. The van der Waals surface area contributed by atoms with E-state index in [-0.39, 0.29) is 12.5 Å². The lowest BCUT2D eigenvalue weighted by molar-refractivity contribution is -0.129. The maximum atomic E-state index is 12.0. The molecule has 1 rings (SSSR count). The van der Waals surface area contributed by atoms with Gasteiger partial charge in [0.1, 0.15) is 6.04 Å². The first kappa shape index (κ1) is 19.5. The highest BCUT2D eigenvalue weighted by atomic mass is 16.5. The molecule has 0 heterocycles. The van der Waals surface area contributed by atoms with Crippen LogP contribution in [0.4, 0.5) is 0 Å². The molecule has 0 aromatic heterocycles. The molecule has 0 aliphatic rings. The van der Waals surface area contributed by atoms with Gasteiger partial charge in [0, 0.05) is 0 Å². The summed E-state index contributed by atoms with van der Waals surface area (Å²) in [6.07, 6.45) is 4.58. The molecule has 2 unspecified atom stereocenters. The van der Waals surface area contributed by atoms with Gasteiger partial charge >= 0.3 is 0 Å². The number of hydrogen-bond donors (Lipinski definition) is 2. The fourth-order valence-corrected chi connectivity index (χ4v) is 2.19. The average Bonchev–Trinajstić information content (AvgIpc) is 2.57. The van der Waals surface area contributed by atoms with Crippen LogP contribution in [0.15, 0.2) is 24.3 Å². The van der Waals surface area contributed by atoms with Crippen molar-refractivity contribution in [2.45, 2.75) is 33.2 Å². The smallest absolute Gasteiger partial charge is 0.258 e. The number of hydrogen-bond acceptors (Lipinski definition) is 4. The topological polar surface area (TPSA) is 90.6 Å². The SMILES string of the molecule is CC=Cc1ccc(OCC(=O)NC(C(N)=O)C(C)CC)c(OC)c1.